The SMILES string of the molecule is CCCNCCCCN1CC(C)CC(C)C1. The van der Waals surface area contributed by atoms with Gasteiger partial charge in [0.25, 0.3) is 0 Å². The van der Waals surface area contributed by atoms with Crippen molar-refractivity contribution in [1.82, 2.24) is 10.2 Å². The molecule has 0 aromatic carbocycles. The third-order valence-electron chi connectivity index (χ3n) is 3.45. The molecule has 0 aliphatic carbocycles. The van der Waals surface area contributed by atoms with Crippen molar-refractivity contribution < 1.29 is 0 Å². The lowest BCUT2D eigenvalue weighted by molar-refractivity contribution is 0.139. The number of hydrogen-bond acceptors (Lipinski definition) is 2. The normalized spacial score (nSPS) is 27.2. The molecule has 0 radical (unpaired) electrons. The van der Waals surface area contributed by atoms with Gasteiger partial charge in [0.05, 0.1) is 0 Å². The molecule has 1 N–H and O–H groups in total. The van der Waals surface area contributed by atoms with E-state index in [1.165, 1.54) is 58.4 Å². The molecule has 2 nitrogen and oxygen atoms in total. The van der Waals surface area contributed by atoms with E-state index in [1.54, 1.807) is 0 Å². The Hall–Kier alpha value is -0.0800. The van der Waals surface area contributed by atoms with E-state index in [0.29, 0.717) is 0 Å². The van der Waals surface area contributed by atoms with Gasteiger partial charge in [-0.15, -0.1) is 0 Å². The zero-order chi connectivity index (χ0) is 11.8. The highest BCUT2D eigenvalue weighted by Crippen LogP contribution is 2.20. The van der Waals surface area contributed by atoms with Crippen LogP contribution in [0.25, 0.3) is 0 Å². The van der Waals surface area contributed by atoms with Crippen LogP contribution < -0.4 is 5.32 Å². The first-order chi connectivity index (χ1) is 7.72. The van der Waals surface area contributed by atoms with Crippen molar-refractivity contribution in [2.45, 2.75) is 46.5 Å². The van der Waals surface area contributed by atoms with Gasteiger partial charge in [-0.05, 0) is 57.2 Å². The molecule has 1 heterocycles. The van der Waals surface area contributed by atoms with Crippen LogP contribution >= 0.6 is 0 Å². The second-order valence-electron chi connectivity index (χ2n) is 5.66. The van der Waals surface area contributed by atoms with E-state index in [0.717, 1.165) is 11.8 Å². The molecule has 2 heteroatoms. The van der Waals surface area contributed by atoms with Crippen molar-refractivity contribution in [3.05, 3.63) is 0 Å². The second-order valence-corrected chi connectivity index (χ2v) is 5.66. The van der Waals surface area contributed by atoms with E-state index < -0.39 is 0 Å². The zero-order valence-corrected chi connectivity index (χ0v) is 11.5. The number of piperidine rings is 1. The molecule has 0 spiro atoms. The first-order valence-electron chi connectivity index (χ1n) is 7.15. The van der Waals surface area contributed by atoms with Crippen molar-refractivity contribution in [1.29, 1.82) is 0 Å². The summed E-state index contributed by atoms with van der Waals surface area (Å²) in [7, 11) is 0. The summed E-state index contributed by atoms with van der Waals surface area (Å²) in [6.07, 6.45) is 5.37. The van der Waals surface area contributed by atoms with Crippen LogP contribution in [0.1, 0.15) is 46.5 Å². The summed E-state index contributed by atoms with van der Waals surface area (Å²) in [5.74, 6) is 1.81. The summed E-state index contributed by atoms with van der Waals surface area (Å²) in [4.78, 5) is 2.67. The summed E-state index contributed by atoms with van der Waals surface area (Å²) in [6.45, 7) is 13.4. The molecule has 96 valence electrons. The van der Waals surface area contributed by atoms with E-state index in [4.69, 9.17) is 0 Å². The van der Waals surface area contributed by atoms with Gasteiger partial charge in [0.15, 0.2) is 0 Å². The van der Waals surface area contributed by atoms with Gasteiger partial charge in [0.1, 0.15) is 0 Å². The lowest BCUT2D eigenvalue weighted by Gasteiger charge is -2.34. The molecule has 1 aliphatic heterocycles. The van der Waals surface area contributed by atoms with Crippen LogP contribution in [0, 0.1) is 11.8 Å². The van der Waals surface area contributed by atoms with Crippen molar-refractivity contribution in [2.75, 3.05) is 32.7 Å². The summed E-state index contributed by atoms with van der Waals surface area (Å²) >= 11 is 0. The Balaban J connectivity index is 1.99. The molecule has 1 fully saturated rings. The Labute approximate surface area is 102 Å². The van der Waals surface area contributed by atoms with E-state index in [1.807, 2.05) is 0 Å². The van der Waals surface area contributed by atoms with Gasteiger partial charge in [0.2, 0.25) is 0 Å². The highest BCUT2D eigenvalue weighted by atomic mass is 15.1. The molecule has 1 rings (SSSR count). The fourth-order valence-corrected chi connectivity index (χ4v) is 2.86. The summed E-state index contributed by atoms with van der Waals surface area (Å²) < 4.78 is 0. The van der Waals surface area contributed by atoms with Crippen LogP contribution in [0.3, 0.4) is 0 Å². The number of likely N-dealkylation sites (tertiary alicyclic amines) is 1. The summed E-state index contributed by atoms with van der Waals surface area (Å²) in [5, 5.41) is 3.47. The Bertz CT molecular complexity index is 160. The monoisotopic (exact) mass is 226 g/mol. The predicted molar refractivity (Wildman–Crippen MR) is 71.8 cm³/mol. The van der Waals surface area contributed by atoms with Gasteiger partial charge in [-0.25, -0.2) is 0 Å². The fourth-order valence-electron chi connectivity index (χ4n) is 2.86. The van der Waals surface area contributed by atoms with Crippen LogP contribution in [0.15, 0.2) is 0 Å². The van der Waals surface area contributed by atoms with Gasteiger partial charge in [-0.2, -0.15) is 0 Å². The molecule has 2 unspecified atom stereocenters. The standard InChI is InChI=1S/C14H30N2/c1-4-7-15-8-5-6-9-16-11-13(2)10-14(3)12-16/h13-15H,4-12H2,1-3H3. The van der Waals surface area contributed by atoms with E-state index in [9.17, 15) is 0 Å². The molecule has 2 atom stereocenters. The molecule has 16 heavy (non-hydrogen) atoms. The molecular formula is C14H30N2. The summed E-state index contributed by atoms with van der Waals surface area (Å²) in [6, 6.07) is 0. The minimum absolute atomic E-state index is 0.905. The minimum atomic E-state index is 0.905. The van der Waals surface area contributed by atoms with Crippen LogP contribution in [-0.2, 0) is 0 Å². The lowest BCUT2D eigenvalue weighted by Crippen LogP contribution is -2.39. The van der Waals surface area contributed by atoms with Crippen molar-refractivity contribution in [2.24, 2.45) is 11.8 Å². The highest BCUT2D eigenvalue weighted by molar-refractivity contribution is 4.74. The molecule has 0 aromatic heterocycles. The van der Waals surface area contributed by atoms with Crippen LogP contribution in [0.4, 0.5) is 0 Å². The van der Waals surface area contributed by atoms with Gasteiger partial charge < -0.3 is 10.2 Å². The third kappa shape index (κ3) is 5.86. The van der Waals surface area contributed by atoms with Crippen LogP contribution in [-0.4, -0.2) is 37.6 Å². The van der Waals surface area contributed by atoms with E-state index in [-0.39, 0.29) is 0 Å². The first-order valence-corrected chi connectivity index (χ1v) is 7.15. The first kappa shape index (κ1) is 14.0. The molecule has 1 saturated heterocycles. The predicted octanol–water partition coefficient (Wildman–Crippen LogP) is 2.74. The number of hydrogen-bond donors (Lipinski definition) is 1. The smallest absolute Gasteiger partial charge is 0.000724 e. The number of unbranched alkanes of at least 4 members (excludes halogenated alkanes) is 1. The van der Waals surface area contributed by atoms with Crippen LogP contribution in [0.2, 0.25) is 0 Å². The molecule has 0 aromatic rings. The van der Waals surface area contributed by atoms with Crippen LogP contribution in [0.5, 0.6) is 0 Å². The topological polar surface area (TPSA) is 15.3 Å². The average molecular weight is 226 g/mol. The Morgan fingerprint density at radius 1 is 1.06 bits per heavy atom. The quantitative estimate of drug-likeness (QED) is 0.672. The third-order valence-corrected chi connectivity index (χ3v) is 3.45. The van der Waals surface area contributed by atoms with Gasteiger partial charge in [-0.1, -0.05) is 20.8 Å². The molecule has 0 saturated carbocycles. The Kier molecular flexibility index (Phi) is 7.06. The average Bonchev–Trinajstić information content (AvgIpc) is 2.22. The van der Waals surface area contributed by atoms with Gasteiger partial charge >= 0.3 is 0 Å². The van der Waals surface area contributed by atoms with Crippen molar-refractivity contribution in [3.8, 4) is 0 Å². The number of nitrogens with one attached hydrogen (secondary N) is 1. The number of nitrogens with zero attached hydrogens (tertiary/aromatic N) is 1. The maximum Gasteiger partial charge on any atom is 0.000724 e. The largest absolute Gasteiger partial charge is 0.317 e. The van der Waals surface area contributed by atoms with Crippen molar-refractivity contribution in [3.63, 3.8) is 0 Å². The Morgan fingerprint density at radius 2 is 1.75 bits per heavy atom. The van der Waals surface area contributed by atoms with Gasteiger partial charge in [0, 0.05) is 13.1 Å². The maximum atomic E-state index is 3.47. The van der Waals surface area contributed by atoms with E-state index >= 15 is 0 Å². The van der Waals surface area contributed by atoms with Crippen molar-refractivity contribution >= 4 is 0 Å². The zero-order valence-electron chi connectivity index (χ0n) is 11.5. The minimum Gasteiger partial charge on any atom is -0.317 e. The van der Waals surface area contributed by atoms with E-state index in [2.05, 4.69) is 31.0 Å². The molecule has 1 aliphatic rings. The maximum absolute atomic E-state index is 3.47. The second kappa shape index (κ2) is 8.08. The molecule has 0 bridgehead atoms. The highest BCUT2D eigenvalue weighted by Gasteiger charge is 2.20. The fraction of sp³-hybridized carbons (Fsp3) is 1.00. The van der Waals surface area contributed by atoms with Gasteiger partial charge in [-0.3, -0.25) is 0 Å². The molecule has 0 amide bonds. The molecular weight excluding hydrogens is 196 g/mol. The lowest BCUT2D eigenvalue weighted by atomic mass is 9.92. The number of rotatable bonds is 7. The Morgan fingerprint density at radius 3 is 2.38 bits per heavy atom. The summed E-state index contributed by atoms with van der Waals surface area (Å²) in [5.41, 5.74) is 0.